The molecule has 0 bridgehead atoms. The summed E-state index contributed by atoms with van der Waals surface area (Å²) in [6.45, 7) is 0.578. The molecule has 0 heterocycles. The van der Waals surface area contributed by atoms with Gasteiger partial charge in [0.25, 0.3) is 0 Å². The van der Waals surface area contributed by atoms with Crippen LogP contribution < -0.4 is 10.8 Å². The second-order valence-corrected chi connectivity index (χ2v) is 5.25. The number of benzene rings is 1. The minimum absolute atomic E-state index is 0.0265. The Morgan fingerprint density at radius 2 is 1.79 bits per heavy atom. The summed E-state index contributed by atoms with van der Waals surface area (Å²) in [5.41, 5.74) is 3.44. The first kappa shape index (κ1) is 19.6. The van der Waals surface area contributed by atoms with Crippen molar-refractivity contribution in [3.05, 3.63) is 53.6 Å². The smallest absolute Gasteiger partial charge is 0.243 e. The van der Waals surface area contributed by atoms with Crippen molar-refractivity contribution in [2.75, 3.05) is 6.54 Å². The molecular formula is C18H24N2O4. The van der Waals surface area contributed by atoms with Crippen molar-refractivity contribution >= 4 is 17.9 Å². The van der Waals surface area contributed by atoms with Crippen molar-refractivity contribution in [1.82, 2.24) is 10.8 Å². The van der Waals surface area contributed by atoms with E-state index in [0.717, 1.165) is 24.0 Å². The molecule has 0 radical (unpaired) electrons. The molecule has 0 saturated carbocycles. The van der Waals surface area contributed by atoms with Crippen molar-refractivity contribution in [1.29, 1.82) is 0 Å². The highest BCUT2D eigenvalue weighted by Gasteiger charge is 1.98. The van der Waals surface area contributed by atoms with Gasteiger partial charge in [-0.3, -0.25) is 14.8 Å². The number of carbonyl (C=O) groups excluding carboxylic acids is 2. The van der Waals surface area contributed by atoms with Crippen LogP contribution in [0.1, 0.15) is 36.8 Å². The quantitative estimate of drug-likeness (QED) is 0.173. The fraction of sp³-hybridized carbons (Fsp3) is 0.333. The maximum absolute atomic E-state index is 11.6. The summed E-state index contributed by atoms with van der Waals surface area (Å²) < 4.78 is 0. The van der Waals surface area contributed by atoms with E-state index in [4.69, 9.17) is 10.3 Å². The number of amides is 2. The SMILES string of the molecule is O=C(/C=C/C=C/c1ccc(CO)cc1)NCCCCCC(=O)NO. The summed E-state index contributed by atoms with van der Waals surface area (Å²) in [6.07, 6.45) is 9.33. The fourth-order valence-corrected chi connectivity index (χ4v) is 1.96. The highest BCUT2D eigenvalue weighted by Crippen LogP contribution is 2.06. The molecule has 6 nitrogen and oxygen atoms in total. The van der Waals surface area contributed by atoms with E-state index in [1.165, 1.54) is 6.08 Å². The van der Waals surface area contributed by atoms with Crippen LogP contribution in [0.5, 0.6) is 0 Å². The molecule has 1 rings (SSSR count). The zero-order valence-electron chi connectivity index (χ0n) is 13.6. The van der Waals surface area contributed by atoms with Crippen molar-refractivity contribution in [2.24, 2.45) is 0 Å². The average Bonchev–Trinajstić information content (AvgIpc) is 2.61. The van der Waals surface area contributed by atoms with Crippen molar-refractivity contribution < 1.29 is 19.9 Å². The monoisotopic (exact) mass is 332 g/mol. The Bertz CT molecular complexity index is 565. The summed E-state index contributed by atoms with van der Waals surface area (Å²) >= 11 is 0. The summed E-state index contributed by atoms with van der Waals surface area (Å²) in [6, 6.07) is 7.49. The molecule has 0 aliphatic carbocycles. The van der Waals surface area contributed by atoms with E-state index >= 15 is 0 Å². The van der Waals surface area contributed by atoms with E-state index in [0.29, 0.717) is 13.0 Å². The van der Waals surface area contributed by atoms with E-state index in [1.54, 1.807) is 17.6 Å². The summed E-state index contributed by atoms with van der Waals surface area (Å²) in [5, 5.41) is 20.0. The van der Waals surface area contributed by atoms with Crippen LogP contribution in [0, 0.1) is 0 Å². The van der Waals surface area contributed by atoms with E-state index < -0.39 is 0 Å². The average molecular weight is 332 g/mol. The van der Waals surface area contributed by atoms with Gasteiger partial charge in [0.15, 0.2) is 0 Å². The molecule has 24 heavy (non-hydrogen) atoms. The molecule has 2 amide bonds. The number of unbranched alkanes of at least 4 members (excludes halogenated alkanes) is 2. The second-order valence-electron chi connectivity index (χ2n) is 5.25. The van der Waals surface area contributed by atoms with Gasteiger partial charge in [0.1, 0.15) is 0 Å². The molecule has 0 aliphatic heterocycles. The van der Waals surface area contributed by atoms with E-state index in [2.05, 4.69) is 5.32 Å². The molecule has 0 aromatic heterocycles. The Morgan fingerprint density at radius 3 is 2.46 bits per heavy atom. The number of nitrogens with one attached hydrogen (secondary N) is 2. The van der Waals surface area contributed by atoms with Gasteiger partial charge in [-0.1, -0.05) is 48.9 Å². The Morgan fingerprint density at radius 1 is 1.04 bits per heavy atom. The molecule has 0 unspecified atom stereocenters. The molecular weight excluding hydrogens is 308 g/mol. The van der Waals surface area contributed by atoms with E-state index in [9.17, 15) is 9.59 Å². The lowest BCUT2D eigenvalue weighted by atomic mass is 10.1. The normalized spacial score (nSPS) is 11.1. The third-order valence-corrected chi connectivity index (χ3v) is 3.31. The second kappa shape index (κ2) is 12.0. The molecule has 4 N–H and O–H groups in total. The number of allylic oxidation sites excluding steroid dienone is 2. The Balaban J connectivity index is 2.16. The lowest BCUT2D eigenvalue weighted by Gasteiger charge is -2.02. The zero-order valence-corrected chi connectivity index (χ0v) is 13.6. The molecule has 130 valence electrons. The van der Waals surface area contributed by atoms with Gasteiger partial charge in [-0.05, 0) is 24.0 Å². The number of aliphatic hydroxyl groups is 1. The van der Waals surface area contributed by atoms with Crippen LogP contribution in [0.25, 0.3) is 6.08 Å². The number of carbonyl (C=O) groups is 2. The highest BCUT2D eigenvalue weighted by molar-refractivity contribution is 5.87. The van der Waals surface area contributed by atoms with Gasteiger partial charge in [0, 0.05) is 19.0 Å². The number of hydroxylamine groups is 1. The first-order valence-corrected chi connectivity index (χ1v) is 7.91. The molecule has 1 aromatic rings. The van der Waals surface area contributed by atoms with Crippen molar-refractivity contribution in [2.45, 2.75) is 32.3 Å². The molecule has 0 spiro atoms. The lowest BCUT2D eigenvalue weighted by molar-refractivity contribution is -0.129. The van der Waals surface area contributed by atoms with Crippen LogP contribution in [0.15, 0.2) is 42.5 Å². The van der Waals surface area contributed by atoms with Crippen molar-refractivity contribution in [3.63, 3.8) is 0 Å². The predicted molar refractivity (Wildman–Crippen MR) is 91.9 cm³/mol. The standard InChI is InChI=1S/C18H24N2O4/c21-14-16-11-9-15(10-12-16)6-3-4-7-17(22)19-13-5-1-2-8-18(23)20-24/h3-4,6-7,9-12,21,24H,1-2,5,8,13-14H2,(H,19,22)(H,20,23)/b6-3+,7-4+. The first-order valence-electron chi connectivity index (χ1n) is 7.91. The molecule has 1 aromatic carbocycles. The Kier molecular flexibility index (Phi) is 9.84. The number of aliphatic hydroxyl groups excluding tert-OH is 1. The molecule has 0 fully saturated rings. The molecule has 0 saturated heterocycles. The zero-order chi connectivity index (χ0) is 17.6. The van der Waals surface area contributed by atoms with E-state index in [1.807, 2.05) is 30.3 Å². The van der Waals surface area contributed by atoms with Crippen LogP contribution in [0.2, 0.25) is 0 Å². The van der Waals surface area contributed by atoms with Gasteiger partial charge < -0.3 is 10.4 Å². The molecule has 0 aliphatic rings. The van der Waals surface area contributed by atoms with Gasteiger partial charge in [-0.15, -0.1) is 0 Å². The van der Waals surface area contributed by atoms with Crippen LogP contribution in [-0.4, -0.2) is 28.7 Å². The van der Waals surface area contributed by atoms with Gasteiger partial charge in [0.05, 0.1) is 6.61 Å². The number of hydrogen-bond donors (Lipinski definition) is 4. The van der Waals surface area contributed by atoms with Gasteiger partial charge >= 0.3 is 0 Å². The fourth-order valence-electron chi connectivity index (χ4n) is 1.96. The van der Waals surface area contributed by atoms with Gasteiger partial charge in [-0.25, -0.2) is 5.48 Å². The summed E-state index contributed by atoms with van der Waals surface area (Å²) in [7, 11) is 0. The van der Waals surface area contributed by atoms with E-state index in [-0.39, 0.29) is 24.8 Å². The summed E-state index contributed by atoms with van der Waals surface area (Å²) in [5.74, 6) is -0.553. The van der Waals surface area contributed by atoms with Crippen molar-refractivity contribution in [3.8, 4) is 0 Å². The van der Waals surface area contributed by atoms with Crippen LogP contribution >= 0.6 is 0 Å². The number of hydrogen-bond acceptors (Lipinski definition) is 4. The molecule has 0 atom stereocenters. The lowest BCUT2D eigenvalue weighted by Crippen LogP contribution is -2.22. The predicted octanol–water partition coefficient (Wildman–Crippen LogP) is 1.93. The largest absolute Gasteiger partial charge is 0.392 e. The van der Waals surface area contributed by atoms with Crippen LogP contribution in [-0.2, 0) is 16.2 Å². The summed E-state index contributed by atoms with van der Waals surface area (Å²) in [4.78, 5) is 22.3. The first-order chi connectivity index (χ1) is 11.7. The molecule has 6 heteroatoms. The minimum atomic E-state index is -0.389. The minimum Gasteiger partial charge on any atom is -0.392 e. The third-order valence-electron chi connectivity index (χ3n) is 3.31. The van der Waals surface area contributed by atoms with Gasteiger partial charge in [0.2, 0.25) is 11.8 Å². The highest BCUT2D eigenvalue weighted by atomic mass is 16.5. The maximum Gasteiger partial charge on any atom is 0.243 e. The Labute approximate surface area is 141 Å². The third kappa shape index (κ3) is 8.87. The van der Waals surface area contributed by atoms with Crippen LogP contribution in [0.3, 0.4) is 0 Å². The topological polar surface area (TPSA) is 98.7 Å². The Hall–Kier alpha value is -2.44. The van der Waals surface area contributed by atoms with Gasteiger partial charge in [-0.2, -0.15) is 0 Å². The number of rotatable bonds is 10. The maximum atomic E-state index is 11.6. The van der Waals surface area contributed by atoms with Crippen LogP contribution in [0.4, 0.5) is 0 Å².